The quantitative estimate of drug-likeness (QED) is 0.691. The van der Waals surface area contributed by atoms with Crippen molar-refractivity contribution in [2.24, 2.45) is 0 Å². The van der Waals surface area contributed by atoms with E-state index in [9.17, 15) is 0 Å². The minimum absolute atomic E-state index is 0.342. The van der Waals surface area contributed by atoms with Crippen molar-refractivity contribution in [2.45, 2.75) is 38.6 Å². The van der Waals surface area contributed by atoms with Gasteiger partial charge in [-0.2, -0.15) is 5.26 Å². The fraction of sp³-hybridized carbons (Fsp3) is 0.600. The molecule has 68 valence electrons. The summed E-state index contributed by atoms with van der Waals surface area (Å²) in [5.74, 6) is 0.342. The molecule has 3 nitrogen and oxygen atoms in total. The topological polar surface area (TPSA) is 41.6 Å². The molecule has 3 heteroatoms. The van der Waals surface area contributed by atoms with Crippen LogP contribution in [0.25, 0.3) is 0 Å². The molecule has 0 unspecified atom stereocenters. The van der Waals surface area contributed by atoms with Crippen LogP contribution in [-0.4, -0.2) is 9.55 Å². The van der Waals surface area contributed by atoms with Gasteiger partial charge >= 0.3 is 0 Å². The summed E-state index contributed by atoms with van der Waals surface area (Å²) in [6, 6.07) is 2.80. The second kappa shape index (κ2) is 2.88. The molecule has 1 fully saturated rings. The van der Waals surface area contributed by atoms with Gasteiger partial charge in [-0.15, -0.1) is 0 Å². The molecule has 0 spiro atoms. The Morgan fingerprint density at radius 3 is 2.77 bits per heavy atom. The van der Waals surface area contributed by atoms with Gasteiger partial charge in [-0.3, -0.25) is 0 Å². The number of imidazole rings is 1. The van der Waals surface area contributed by atoms with Gasteiger partial charge in [-0.05, 0) is 18.8 Å². The van der Waals surface area contributed by atoms with Crippen molar-refractivity contribution in [2.75, 3.05) is 0 Å². The molecule has 1 heterocycles. The third-order valence-electron chi connectivity index (χ3n) is 2.42. The molecule has 1 aromatic heterocycles. The number of hydrogen-bond acceptors (Lipinski definition) is 2. The zero-order chi connectivity index (χ0) is 9.42. The Kier molecular flexibility index (Phi) is 1.84. The molecule has 0 saturated heterocycles. The van der Waals surface area contributed by atoms with E-state index in [2.05, 4.69) is 24.9 Å². The first-order valence-electron chi connectivity index (χ1n) is 4.71. The van der Waals surface area contributed by atoms with Crippen LogP contribution in [0, 0.1) is 11.3 Å². The SMILES string of the molecule is CC(C)c1ncn(C2CC2)c1C#N. The summed E-state index contributed by atoms with van der Waals surface area (Å²) in [5, 5.41) is 9.00. The minimum Gasteiger partial charge on any atom is -0.319 e. The Labute approximate surface area is 78.0 Å². The highest BCUT2D eigenvalue weighted by molar-refractivity contribution is 5.30. The molecular formula is C10H13N3. The van der Waals surface area contributed by atoms with Gasteiger partial charge < -0.3 is 4.57 Å². The van der Waals surface area contributed by atoms with Crippen molar-refractivity contribution in [3.8, 4) is 6.07 Å². The minimum atomic E-state index is 0.342. The van der Waals surface area contributed by atoms with Gasteiger partial charge in [-0.1, -0.05) is 13.8 Å². The third kappa shape index (κ3) is 1.33. The predicted octanol–water partition coefficient (Wildman–Crippen LogP) is 2.21. The van der Waals surface area contributed by atoms with Crippen LogP contribution in [0.1, 0.15) is 50.0 Å². The van der Waals surface area contributed by atoms with Crippen molar-refractivity contribution in [3.63, 3.8) is 0 Å². The van der Waals surface area contributed by atoms with Crippen LogP contribution < -0.4 is 0 Å². The van der Waals surface area contributed by atoms with Crippen molar-refractivity contribution in [1.29, 1.82) is 5.26 Å². The second-order valence-corrected chi connectivity index (χ2v) is 3.88. The van der Waals surface area contributed by atoms with Crippen LogP contribution >= 0.6 is 0 Å². The highest BCUT2D eigenvalue weighted by Gasteiger charge is 2.27. The zero-order valence-electron chi connectivity index (χ0n) is 7.99. The van der Waals surface area contributed by atoms with Crippen molar-refractivity contribution in [3.05, 3.63) is 17.7 Å². The first kappa shape index (κ1) is 8.31. The lowest BCUT2D eigenvalue weighted by molar-refractivity contribution is 0.725. The van der Waals surface area contributed by atoms with Crippen LogP contribution in [0.3, 0.4) is 0 Å². The average molecular weight is 175 g/mol. The summed E-state index contributed by atoms with van der Waals surface area (Å²) in [5.41, 5.74) is 1.70. The normalized spacial score (nSPS) is 16.2. The van der Waals surface area contributed by atoms with Gasteiger partial charge in [0.1, 0.15) is 11.8 Å². The first-order valence-corrected chi connectivity index (χ1v) is 4.71. The molecule has 0 bridgehead atoms. The summed E-state index contributed by atoms with van der Waals surface area (Å²) in [4.78, 5) is 4.29. The van der Waals surface area contributed by atoms with Gasteiger partial charge in [0.05, 0.1) is 12.0 Å². The maximum atomic E-state index is 9.00. The molecular weight excluding hydrogens is 162 g/mol. The third-order valence-corrected chi connectivity index (χ3v) is 2.42. The highest BCUT2D eigenvalue weighted by atomic mass is 15.1. The molecule has 0 atom stereocenters. The summed E-state index contributed by atoms with van der Waals surface area (Å²) >= 11 is 0. The van der Waals surface area contributed by atoms with E-state index >= 15 is 0 Å². The second-order valence-electron chi connectivity index (χ2n) is 3.88. The van der Waals surface area contributed by atoms with Crippen LogP contribution in [0.4, 0.5) is 0 Å². The molecule has 0 radical (unpaired) electrons. The van der Waals surface area contributed by atoms with E-state index in [-0.39, 0.29) is 0 Å². The van der Waals surface area contributed by atoms with Crippen LogP contribution in [0.5, 0.6) is 0 Å². The maximum Gasteiger partial charge on any atom is 0.143 e. The molecule has 1 aliphatic rings. The standard InChI is InChI=1S/C10H13N3/c1-7(2)10-9(5-11)13(6-12-10)8-3-4-8/h6-8H,3-4H2,1-2H3. The number of nitriles is 1. The van der Waals surface area contributed by atoms with Crippen molar-refractivity contribution < 1.29 is 0 Å². The summed E-state index contributed by atoms with van der Waals surface area (Å²) in [6.07, 6.45) is 4.21. The van der Waals surface area contributed by atoms with E-state index in [0.717, 1.165) is 11.4 Å². The van der Waals surface area contributed by atoms with E-state index in [1.807, 2.05) is 10.9 Å². The van der Waals surface area contributed by atoms with Crippen molar-refractivity contribution in [1.82, 2.24) is 9.55 Å². The molecule has 0 N–H and O–H groups in total. The van der Waals surface area contributed by atoms with Crippen LogP contribution in [0.2, 0.25) is 0 Å². The molecule has 0 amide bonds. The predicted molar refractivity (Wildman–Crippen MR) is 49.3 cm³/mol. The van der Waals surface area contributed by atoms with E-state index in [1.165, 1.54) is 12.8 Å². The Morgan fingerprint density at radius 1 is 1.62 bits per heavy atom. The Bertz CT molecular complexity index is 333. The molecule has 1 aliphatic carbocycles. The van der Waals surface area contributed by atoms with E-state index in [1.54, 1.807) is 0 Å². The maximum absolute atomic E-state index is 9.00. The molecule has 1 aromatic rings. The van der Waals surface area contributed by atoms with Gasteiger partial charge in [-0.25, -0.2) is 4.98 Å². The smallest absolute Gasteiger partial charge is 0.143 e. The summed E-state index contributed by atoms with van der Waals surface area (Å²) in [6.45, 7) is 4.14. The molecule has 0 aromatic carbocycles. The largest absolute Gasteiger partial charge is 0.319 e. The fourth-order valence-electron chi connectivity index (χ4n) is 1.54. The number of hydrogen-bond donors (Lipinski definition) is 0. The first-order chi connectivity index (χ1) is 6.24. The van der Waals surface area contributed by atoms with E-state index in [0.29, 0.717) is 12.0 Å². The Hall–Kier alpha value is -1.30. The Morgan fingerprint density at radius 2 is 2.31 bits per heavy atom. The zero-order valence-corrected chi connectivity index (χ0v) is 7.99. The van der Waals surface area contributed by atoms with Gasteiger partial charge in [0.25, 0.3) is 0 Å². The summed E-state index contributed by atoms with van der Waals surface area (Å²) in [7, 11) is 0. The van der Waals surface area contributed by atoms with Crippen LogP contribution in [0.15, 0.2) is 6.33 Å². The lowest BCUT2D eigenvalue weighted by atomic mass is 10.1. The van der Waals surface area contributed by atoms with Gasteiger partial charge in [0, 0.05) is 6.04 Å². The lowest BCUT2D eigenvalue weighted by Gasteiger charge is -2.02. The van der Waals surface area contributed by atoms with E-state index in [4.69, 9.17) is 5.26 Å². The summed E-state index contributed by atoms with van der Waals surface area (Å²) < 4.78 is 2.02. The highest BCUT2D eigenvalue weighted by Crippen LogP contribution is 2.36. The van der Waals surface area contributed by atoms with Crippen LogP contribution in [-0.2, 0) is 0 Å². The number of rotatable bonds is 2. The molecule has 2 rings (SSSR count). The average Bonchev–Trinajstić information content (AvgIpc) is 2.84. The van der Waals surface area contributed by atoms with Crippen molar-refractivity contribution >= 4 is 0 Å². The number of nitrogens with zero attached hydrogens (tertiary/aromatic N) is 3. The van der Waals surface area contributed by atoms with Gasteiger partial charge in [0.2, 0.25) is 0 Å². The fourth-order valence-corrected chi connectivity index (χ4v) is 1.54. The monoisotopic (exact) mass is 175 g/mol. The van der Waals surface area contributed by atoms with E-state index < -0.39 is 0 Å². The lowest BCUT2D eigenvalue weighted by Crippen LogP contribution is -1.98. The molecule has 0 aliphatic heterocycles. The Balaban J connectivity index is 2.43. The molecule has 13 heavy (non-hydrogen) atoms. The van der Waals surface area contributed by atoms with Gasteiger partial charge in [0.15, 0.2) is 0 Å². The number of aromatic nitrogens is 2. The molecule has 1 saturated carbocycles.